The number of aromatic nitrogens is 4. The zero-order valence-corrected chi connectivity index (χ0v) is 10.1. The first kappa shape index (κ1) is 12.0. The fourth-order valence-electron chi connectivity index (χ4n) is 1.74. The first-order chi connectivity index (χ1) is 9.74. The van der Waals surface area contributed by atoms with Crippen LogP contribution in [0.4, 0.5) is 5.82 Å². The minimum absolute atomic E-state index is 0.265. The smallest absolute Gasteiger partial charge is 0.374 e. The molecule has 0 spiro atoms. The molecule has 2 aromatic heterocycles. The fraction of sp³-hybridized carbons (Fsp3) is 0.0833. The van der Waals surface area contributed by atoms with Crippen LogP contribution in [0.3, 0.4) is 0 Å². The van der Waals surface area contributed by atoms with Gasteiger partial charge in [0.05, 0.1) is 12.1 Å². The van der Waals surface area contributed by atoms with E-state index >= 15 is 0 Å². The number of nitrogens with zero attached hydrogens (tertiary/aromatic N) is 4. The topological polar surface area (TPSA) is 114 Å². The quantitative estimate of drug-likeness (QED) is 0.730. The van der Waals surface area contributed by atoms with Crippen LogP contribution in [0.5, 0.6) is 0 Å². The summed E-state index contributed by atoms with van der Waals surface area (Å²) in [5, 5.41) is 16.4. The molecular weight excluding hydrogens is 262 g/mol. The predicted octanol–water partition coefficient (Wildman–Crippen LogP) is 1.32. The standard InChI is InChI=1S/C12H9N5O3/c18-12(19)11-15-8-4-2-1-3-7(8)10(16-11)13-5-9-14-6-20-17-9/h1-4,6H,5H2,(H,18,19)(H,13,15,16). The molecule has 2 N–H and O–H groups in total. The molecule has 0 saturated heterocycles. The minimum atomic E-state index is -1.18. The number of carboxylic acids is 1. The molecule has 100 valence electrons. The molecule has 0 aliphatic heterocycles. The number of aromatic carboxylic acids is 1. The van der Waals surface area contributed by atoms with E-state index in [4.69, 9.17) is 5.11 Å². The van der Waals surface area contributed by atoms with Crippen LogP contribution in [0.25, 0.3) is 10.9 Å². The van der Waals surface area contributed by atoms with Crippen molar-refractivity contribution in [2.24, 2.45) is 0 Å². The van der Waals surface area contributed by atoms with E-state index in [9.17, 15) is 4.79 Å². The van der Waals surface area contributed by atoms with Gasteiger partial charge in [-0.1, -0.05) is 17.3 Å². The molecule has 0 unspecified atom stereocenters. The molecule has 0 aliphatic carbocycles. The molecule has 0 atom stereocenters. The number of nitrogens with one attached hydrogen (secondary N) is 1. The lowest BCUT2D eigenvalue weighted by atomic mass is 10.2. The van der Waals surface area contributed by atoms with E-state index in [1.54, 1.807) is 18.2 Å². The number of rotatable bonds is 4. The molecule has 0 amide bonds. The molecule has 8 nitrogen and oxygen atoms in total. The molecule has 8 heteroatoms. The van der Waals surface area contributed by atoms with Gasteiger partial charge < -0.3 is 14.9 Å². The van der Waals surface area contributed by atoms with Gasteiger partial charge in [-0.2, -0.15) is 4.98 Å². The number of hydrogen-bond donors (Lipinski definition) is 2. The summed E-state index contributed by atoms with van der Waals surface area (Å²) < 4.78 is 4.62. The largest absolute Gasteiger partial charge is 0.475 e. The lowest BCUT2D eigenvalue weighted by molar-refractivity contribution is 0.0684. The monoisotopic (exact) mass is 271 g/mol. The van der Waals surface area contributed by atoms with Gasteiger partial charge in [-0.3, -0.25) is 0 Å². The maximum atomic E-state index is 11.0. The number of carboxylic acid groups (broad SMARTS) is 1. The van der Waals surface area contributed by atoms with Crippen LogP contribution in [0.15, 0.2) is 35.2 Å². The average Bonchev–Trinajstić information content (AvgIpc) is 2.97. The van der Waals surface area contributed by atoms with Gasteiger partial charge in [0, 0.05) is 5.39 Å². The summed E-state index contributed by atoms with van der Waals surface area (Å²) in [6.07, 6.45) is 1.22. The first-order valence-corrected chi connectivity index (χ1v) is 5.73. The van der Waals surface area contributed by atoms with Gasteiger partial charge in [-0.25, -0.2) is 14.8 Å². The Balaban J connectivity index is 2.00. The molecule has 0 radical (unpaired) electrons. The summed E-state index contributed by atoms with van der Waals surface area (Å²) in [6.45, 7) is 0.274. The van der Waals surface area contributed by atoms with Gasteiger partial charge in [-0.15, -0.1) is 0 Å². The molecule has 0 saturated carbocycles. The van der Waals surface area contributed by atoms with Crippen molar-refractivity contribution in [3.05, 3.63) is 42.3 Å². The van der Waals surface area contributed by atoms with Crippen molar-refractivity contribution in [2.75, 3.05) is 5.32 Å². The highest BCUT2D eigenvalue weighted by molar-refractivity contribution is 5.93. The van der Waals surface area contributed by atoms with Crippen molar-refractivity contribution >= 4 is 22.7 Å². The van der Waals surface area contributed by atoms with Gasteiger partial charge in [0.1, 0.15) is 5.82 Å². The Morgan fingerprint density at radius 1 is 1.30 bits per heavy atom. The van der Waals surface area contributed by atoms with E-state index in [0.29, 0.717) is 17.2 Å². The van der Waals surface area contributed by atoms with E-state index in [1.807, 2.05) is 6.07 Å². The second-order valence-corrected chi connectivity index (χ2v) is 3.92. The Morgan fingerprint density at radius 2 is 2.15 bits per heavy atom. The normalized spacial score (nSPS) is 10.6. The van der Waals surface area contributed by atoms with Crippen LogP contribution < -0.4 is 5.32 Å². The molecular formula is C12H9N5O3. The van der Waals surface area contributed by atoms with Crippen molar-refractivity contribution < 1.29 is 14.4 Å². The molecule has 2 heterocycles. The predicted molar refractivity (Wildman–Crippen MR) is 68.1 cm³/mol. The van der Waals surface area contributed by atoms with Crippen molar-refractivity contribution in [1.82, 2.24) is 20.1 Å². The molecule has 3 aromatic rings. The van der Waals surface area contributed by atoms with E-state index < -0.39 is 5.97 Å². The molecule has 0 fully saturated rings. The molecule has 0 aliphatic rings. The third-order valence-electron chi connectivity index (χ3n) is 2.62. The summed E-state index contributed by atoms with van der Waals surface area (Å²) >= 11 is 0. The summed E-state index contributed by atoms with van der Waals surface area (Å²) in [5.74, 6) is -0.583. The zero-order valence-electron chi connectivity index (χ0n) is 10.1. The Kier molecular flexibility index (Phi) is 2.96. The van der Waals surface area contributed by atoms with Crippen LogP contribution in [0.1, 0.15) is 16.4 Å². The Hall–Kier alpha value is -3.03. The van der Waals surface area contributed by atoms with Gasteiger partial charge in [-0.05, 0) is 12.1 Å². The summed E-state index contributed by atoms with van der Waals surface area (Å²) in [6, 6.07) is 7.14. The number of benzene rings is 1. The molecule has 1 aromatic carbocycles. The van der Waals surface area contributed by atoms with Crippen molar-refractivity contribution in [3.63, 3.8) is 0 Å². The highest BCUT2D eigenvalue weighted by atomic mass is 16.5. The number of anilines is 1. The highest BCUT2D eigenvalue weighted by Gasteiger charge is 2.12. The number of para-hydroxylation sites is 1. The second-order valence-electron chi connectivity index (χ2n) is 3.92. The first-order valence-electron chi connectivity index (χ1n) is 5.73. The van der Waals surface area contributed by atoms with E-state index in [0.717, 1.165) is 5.39 Å². The van der Waals surface area contributed by atoms with Crippen LogP contribution in [0, 0.1) is 0 Å². The maximum absolute atomic E-state index is 11.0. The summed E-state index contributed by atoms with van der Waals surface area (Å²) in [5.41, 5.74) is 0.551. The molecule has 20 heavy (non-hydrogen) atoms. The molecule has 0 bridgehead atoms. The van der Waals surface area contributed by atoms with E-state index in [2.05, 4.69) is 29.9 Å². The third kappa shape index (κ3) is 2.26. The Labute approximate surface area is 112 Å². The lowest BCUT2D eigenvalue weighted by Crippen LogP contribution is -2.09. The number of fused-ring (bicyclic) bond motifs is 1. The third-order valence-corrected chi connectivity index (χ3v) is 2.62. The van der Waals surface area contributed by atoms with E-state index in [1.165, 1.54) is 6.39 Å². The minimum Gasteiger partial charge on any atom is -0.475 e. The second kappa shape index (κ2) is 4.92. The lowest BCUT2D eigenvalue weighted by Gasteiger charge is -2.07. The summed E-state index contributed by atoms with van der Waals surface area (Å²) in [7, 11) is 0. The van der Waals surface area contributed by atoms with Gasteiger partial charge in [0.2, 0.25) is 12.2 Å². The SMILES string of the molecule is O=C(O)c1nc(NCc2ncon2)c2ccccc2n1. The van der Waals surface area contributed by atoms with Crippen molar-refractivity contribution in [3.8, 4) is 0 Å². The average molecular weight is 271 g/mol. The van der Waals surface area contributed by atoms with Crippen molar-refractivity contribution in [2.45, 2.75) is 6.54 Å². The van der Waals surface area contributed by atoms with Gasteiger partial charge in [0.25, 0.3) is 0 Å². The maximum Gasteiger partial charge on any atom is 0.374 e. The molecule has 3 rings (SSSR count). The fourth-order valence-corrected chi connectivity index (χ4v) is 1.74. The zero-order chi connectivity index (χ0) is 13.9. The highest BCUT2D eigenvalue weighted by Crippen LogP contribution is 2.20. The van der Waals surface area contributed by atoms with Crippen LogP contribution in [-0.2, 0) is 6.54 Å². The van der Waals surface area contributed by atoms with E-state index in [-0.39, 0.29) is 12.4 Å². The number of carbonyl (C=O) groups is 1. The van der Waals surface area contributed by atoms with Gasteiger partial charge >= 0.3 is 5.97 Å². The number of hydrogen-bond acceptors (Lipinski definition) is 7. The van der Waals surface area contributed by atoms with Crippen LogP contribution >= 0.6 is 0 Å². The van der Waals surface area contributed by atoms with Crippen LogP contribution in [-0.4, -0.2) is 31.2 Å². The van der Waals surface area contributed by atoms with Crippen LogP contribution in [0.2, 0.25) is 0 Å². The van der Waals surface area contributed by atoms with Crippen molar-refractivity contribution in [1.29, 1.82) is 0 Å². The Bertz CT molecular complexity index is 757. The van der Waals surface area contributed by atoms with Gasteiger partial charge in [0.15, 0.2) is 5.82 Å². The summed E-state index contributed by atoms with van der Waals surface area (Å²) in [4.78, 5) is 22.9. The Morgan fingerprint density at radius 3 is 2.90 bits per heavy atom.